The molecule has 5 rings (SSSR count). The van der Waals surface area contributed by atoms with Gasteiger partial charge in [-0.05, 0) is 29.8 Å². The summed E-state index contributed by atoms with van der Waals surface area (Å²) in [4.78, 5) is 24.4. The molecule has 1 aliphatic heterocycles. The van der Waals surface area contributed by atoms with Crippen molar-refractivity contribution in [2.45, 2.75) is 6.04 Å². The summed E-state index contributed by atoms with van der Waals surface area (Å²) in [6.45, 7) is 0.176. The van der Waals surface area contributed by atoms with E-state index in [2.05, 4.69) is 10.3 Å². The lowest BCUT2D eigenvalue weighted by molar-refractivity contribution is -0.111. The summed E-state index contributed by atoms with van der Waals surface area (Å²) in [5.41, 5.74) is 2.87. The number of allylic oxidation sites excluding steroid dienone is 1. The minimum atomic E-state index is -0.765. The summed E-state index contributed by atoms with van der Waals surface area (Å²) < 4.78 is 20.5. The molecule has 0 spiro atoms. The Hall–Kier alpha value is -3.32. The van der Waals surface area contributed by atoms with Crippen LogP contribution in [0, 0.1) is 5.82 Å². The van der Waals surface area contributed by atoms with Crippen LogP contribution in [0.4, 0.5) is 4.39 Å². The van der Waals surface area contributed by atoms with Crippen molar-refractivity contribution in [1.29, 1.82) is 0 Å². The fourth-order valence-corrected chi connectivity index (χ4v) is 3.75. The summed E-state index contributed by atoms with van der Waals surface area (Å²) in [6, 6.07) is 10.7. The lowest BCUT2D eigenvalue weighted by atomic mass is 9.86. The van der Waals surface area contributed by atoms with Crippen molar-refractivity contribution in [3.05, 3.63) is 76.2 Å². The number of halogens is 2. The number of ketones is 2. The predicted octanol–water partition coefficient (Wildman–Crippen LogP) is 3.38. The van der Waals surface area contributed by atoms with Gasteiger partial charge in [-0.25, -0.2) is 9.07 Å². The Bertz CT molecular complexity index is 1180. The van der Waals surface area contributed by atoms with Gasteiger partial charge in [0.25, 0.3) is 0 Å². The molecule has 0 saturated heterocycles. The first-order valence-corrected chi connectivity index (χ1v) is 8.85. The van der Waals surface area contributed by atoms with Crippen molar-refractivity contribution in [1.82, 2.24) is 15.0 Å². The molecule has 0 fully saturated rings. The molecular weight excluding hydrogens is 385 g/mol. The van der Waals surface area contributed by atoms with Gasteiger partial charge in [0.05, 0.1) is 6.20 Å². The number of aromatic nitrogens is 3. The fourth-order valence-electron chi connectivity index (χ4n) is 3.51. The zero-order valence-corrected chi connectivity index (χ0v) is 15.0. The predicted molar refractivity (Wildman–Crippen MR) is 98.1 cm³/mol. The number of nitrogens with zero attached hydrogens (tertiary/aromatic N) is 3. The van der Waals surface area contributed by atoms with E-state index in [1.165, 1.54) is 12.1 Å². The smallest absolute Gasteiger partial charge is 0.248 e. The number of carbonyl (C=O) groups excluding carboxylic acids is 2. The molecule has 0 bridgehead atoms. The summed E-state index contributed by atoms with van der Waals surface area (Å²) in [5.74, 6) is -1.52. The van der Waals surface area contributed by atoms with Gasteiger partial charge >= 0.3 is 0 Å². The van der Waals surface area contributed by atoms with E-state index in [-0.39, 0.29) is 34.8 Å². The molecule has 3 aromatic rings. The molecule has 0 radical (unpaired) electrons. The van der Waals surface area contributed by atoms with Crippen LogP contribution in [0.15, 0.2) is 53.7 Å². The fraction of sp³-hybridized carbons (Fsp3) is 0.100. The van der Waals surface area contributed by atoms with E-state index in [4.69, 9.17) is 16.3 Å². The molecule has 6 nitrogen and oxygen atoms in total. The second kappa shape index (κ2) is 6.10. The third-order valence-corrected chi connectivity index (χ3v) is 5.23. The molecule has 0 N–H and O–H groups in total. The van der Waals surface area contributed by atoms with Gasteiger partial charge < -0.3 is 4.74 Å². The summed E-state index contributed by atoms with van der Waals surface area (Å²) in [7, 11) is 0. The van der Waals surface area contributed by atoms with Crippen LogP contribution in [0.2, 0.25) is 0 Å². The molecule has 2 aromatic carbocycles. The highest BCUT2D eigenvalue weighted by atomic mass is 35.5. The lowest BCUT2D eigenvalue weighted by Gasteiger charge is -2.31. The lowest BCUT2D eigenvalue weighted by Crippen LogP contribution is -2.30. The molecule has 1 unspecified atom stereocenters. The van der Waals surface area contributed by atoms with Crippen LogP contribution in [0.5, 0.6) is 0 Å². The minimum absolute atomic E-state index is 0.176. The Morgan fingerprint density at radius 1 is 1.11 bits per heavy atom. The summed E-state index contributed by atoms with van der Waals surface area (Å²) in [6.07, 6.45) is 1.73. The standard InChI is InChI=1S/C20H11ClFN3O3/c21-17-19(27)18(26)13-3-1-2-12-15(9-28-20(17)16(12)13)25-8-14(23-24-25)10-4-6-11(22)7-5-10/h1-8,15H,9H2. The number of hydrogen-bond donors (Lipinski definition) is 0. The maximum Gasteiger partial charge on any atom is 0.248 e. The van der Waals surface area contributed by atoms with Gasteiger partial charge in [0, 0.05) is 16.7 Å². The Kier molecular flexibility index (Phi) is 3.67. The van der Waals surface area contributed by atoms with Gasteiger partial charge in [-0.15, -0.1) is 5.10 Å². The van der Waals surface area contributed by atoms with E-state index in [1.54, 1.807) is 35.1 Å². The maximum atomic E-state index is 13.1. The van der Waals surface area contributed by atoms with E-state index in [9.17, 15) is 14.0 Å². The van der Waals surface area contributed by atoms with Gasteiger partial charge in [0.2, 0.25) is 11.6 Å². The van der Waals surface area contributed by atoms with Crippen molar-refractivity contribution in [2.75, 3.05) is 6.61 Å². The number of ether oxygens (including phenoxy) is 1. The van der Waals surface area contributed by atoms with E-state index in [0.717, 1.165) is 11.1 Å². The first kappa shape index (κ1) is 16.8. The second-order valence-electron chi connectivity index (χ2n) is 6.49. The molecule has 0 amide bonds. The second-order valence-corrected chi connectivity index (χ2v) is 6.87. The van der Waals surface area contributed by atoms with Crippen LogP contribution >= 0.6 is 11.6 Å². The highest BCUT2D eigenvalue weighted by molar-refractivity contribution is 6.64. The third kappa shape index (κ3) is 2.40. The third-order valence-electron chi connectivity index (χ3n) is 4.89. The van der Waals surface area contributed by atoms with Gasteiger partial charge in [-0.1, -0.05) is 35.0 Å². The van der Waals surface area contributed by atoms with E-state index < -0.39 is 11.6 Å². The Balaban J connectivity index is 1.60. The Morgan fingerprint density at radius 2 is 1.89 bits per heavy atom. The molecule has 28 heavy (non-hydrogen) atoms. The van der Waals surface area contributed by atoms with Crippen LogP contribution in [-0.4, -0.2) is 33.2 Å². The van der Waals surface area contributed by atoms with Crippen molar-refractivity contribution < 1.29 is 18.7 Å². The van der Waals surface area contributed by atoms with E-state index in [0.29, 0.717) is 11.3 Å². The number of Topliss-reactive ketones (excluding diaryl/α,β-unsaturated/α-hetero) is 2. The first-order chi connectivity index (χ1) is 13.5. The number of hydrogen-bond acceptors (Lipinski definition) is 5. The van der Waals surface area contributed by atoms with Gasteiger partial charge in [0.15, 0.2) is 0 Å². The first-order valence-electron chi connectivity index (χ1n) is 8.47. The van der Waals surface area contributed by atoms with Crippen molar-refractivity contribution >= 4 is 28.9 Å². The molecule has 1 aliphatic carbocycles. The van der Waals surface area contributed by atoms with E-state index in [1.807, 2.05) is 6.07 Å². The summed E-state index contributed by atoms with van der Waals surface area (Å²) >= 11 is 6.07. The quantitative estimate of drug-likeness (QED) is 0.622. The molecule has 0 saturated carbocycles. The van der Waals surface area contributed by atoms with Crippen molar-refractivity contribution in [3.8, 4) is 11.3 Å². The Morgan fingerprint density at radius 3 is 2.68 bits per heavy atom. The normalized spacial score (nSPS) is 18.1. The molecule has 8 heteroatoms. The highest BCUT2D eigenvalue weighted by Gasteiger charge is 2.39. The topological polar surface area (TPSA) is 74.1 Å². The van der Waals surface area contributed by atoms with E-state index >= 15 is 0 Å². The molecule has 1 atom stereocenters. The average molecular weight is 396 g/mol. The number of rotatable bonds is 2. The number of benzene rings is 2. The molecule has 138 valence electrons. The van der Waals surface area contributed by atoms with Crippen molar-refractivity contribution in [2.24, 2.45) is 0 Å². The van der Waals surface area contributed by atoms with Crippen LogP contribution in [-0.2, 0) is 9.53 Å². The van der Waals surface area contributed by atoms with Crippen LogP contribution in [0.3, 0.4) is 0 Å². The van der Waals surface area contributed by atoms with Crippen molar-refractivity contribution in [3.63, 3.8) is 0 Å². The largest absolute Gasteiger partial charge is 0.489 e. The highest BCUT2D eigenvalue weighted by Crippen LogP contribution is 2.41. The molecule has 2 aliphatic rings. The minimum Gasteiger partial charge on any atom is -0.489 e. The van der Waals surface area contributed by atoms with Gasteiger partial charge in [-0.3, -0.25) is 9.59 Å². The zero-order valence-electron chi connectivity index (χ0n) is 14.2. The van der Waals surface area contributed by atoms with Crippen LogP contribution < -0.4 is 0 Å². The monoisotopic (exact) mass is 395 g/mol. The Labute approximate surface area is 163 Å². The van der Waals surface area contributed by atoms with Gasteiger partial charge in [-0.2, -0.15) is 0 Å². The SMILES string of the molecule is O=C1C(=O)c2cccc3c2C(=C1Cl)OCC3n1cc(-c2ccc(F)cc2)nn1. The average Bonchev–Trinajstić information content (AvgIpc) is 3.20. The number of carbonyl (C=O) groups is 2. The molecular formula is C20H11ClFN3O3. The molecule has 1 aromatic heterocycles. The summed E-state index contributed by atoms with van der Waals surface area (Å²) in [5, 5.41) is 8.14. The van der Waals surface area contributed by atoms with Crippen LogP contribution in [0.25, 0.3) is 17.0 Å². The zero-order chi connectivity index (χ0) is 19.4. The van der Waals surface area contributed by atoms with Gasteiger partial charge in [0.1, 0.15) is 35.0 Å². The maximum absolute atomic E-state index is 13.1. The van der Waals surface area contributed by atoms with Crippen LogP contribution in [0.1, 0.15) is 27.5 Å². The molecule has 2 heterocycles.